The Hall–Kier alpha value is -2.35. The minimum absolute atomic E-state index is 0.681. The quantitative estimate of drug-likeness (QED) is 0.608. The van der Waals surface area contributed by atoms with Crippen LogP contribution < -0.4 is 5.73 Å². The fourth-order valence-electron chi connectivity index (χ4n) is 1.69. The van der Waals surface area contributed by atoms with E-state index in [9.17, 15) is 0 Å². The molecule has 1 rings (SSSR count). The van der Waals surface area contributed by atoms with Crippen molar-refractivity contribution in [3.63, 3.8) is 0 Å². The molecule has 98 valence electrons. The summed E-state index contributed by atoms with van der Waals surface area (Å²) in [5.41, 5.74) is 10.3. The van der Waals surface area contributed by atoms with Crippen molar-refractivity contribution in [2.75, 3.05) is 0 Å². The average molecular weight is 252 g/mol. The Balaban J connectivity index is 3.15. The van der Waals surface area contributed by atoms with Crippen LogP contribution in [0.5, 0.6) is 0 Å². The first-order valence-electron chi connectivity index (χ1n) is 6.16. The molecule has 2 N–H and O–H groups in total. The molecule has 0 saturated heterocycles. The lowest BCUT2D eigenvalue weighted by Gasteiger charge is -2.06. The summed E-state index contributed by atoms with van der Waals surface area (Å²) >= 11 is 0. The van der Waals surface area contributed by atoms with Gasteiger partial charge in [-0.15, -0.1) is 0 Å². The molecular formula is C17H20N2. The summed E-state index contributed by atoms with van der Waals surface area (Å²) in [7, 11) is 0. The largest absolute Gasteiger partial charge is 0.399 e. The topological polar surface area (TPSA) is 38.4 Å². The number of rotatable bonds is 5. The average Bonchev–Trinajstić information content (AvgIpc) is 2.39. The molecule has 0 radical (unpaired) electrons. The zero-order valence-corrected chi connectivity index (χ0v) is 11.6. The van der Waals surface area contributed by atoms with Gasteiger partial charge in [-0.3, -0.25) is 4.99 Å². The first-order chi connectivity index (χ1) is 9.12. The second-order valence-corrected chi connectivity index (χ2v) is 4.03. The van der Waals surface area contributed by atoms with Gasteiger partial charge in [-0.1, -0.05) is 37.4 Å². The van der Waals surface area contributed by atoms with E-state index in [4.69, 9.17) is 5.73 Å². The lowest BCUT2D eigenvalue weighted by Crippen LogP contribution is -1.93. The number of allylic oxidation sites excluding steroid dienone is 4. The first-order valence-corrected chi connectivity index (χ1v) is 6.16. The van der Waals surface area contributed by atoms with Crippen molar-refractivity contribution in [1.29, 1.82) is 0 Å². The van der Waals surface area contributed by atoms with Crippen LogP contribution in [0.2, 0.25) is 0 Å². The highest BCUT2D eigenvalue weighted by molar-refractivity contribution is 5.78. The summed E-state index contributed by atoms with van der Waals surface area (Å²) in [6.07, 6.45) is 9.14. The number of aliphatic imine (C=N–C) groups is 1. The number of benzene rings is 1. The van der Waals surface area contributed by atoms with Gasteiger partial charge in [0.2, 0.25) is 0 Å². The van der Waals surface area contributed by atoms with Gasteiger partial charge in [0.05, 0.1) is 5.69 Å². The normalized spacial score (nSPS) is 12.2. The second kappa shape index (κ2) is 7.17. The summed E-state index contributed by atoms with van der Waals surface area (Å²) in [4.78, 5) is 4.33. The van der Waals surface area contributed by atoms with E-state index < -0.39 is 0 Å². The smallest absolute Gasteiger partial charge is 0.0703 e. The molecule has 0 aliphatic heterocycles. The van der Waals surface area contributed by atoms with Gasteiger partial charge in [0, 0.05) is 11.9 Å². The molecule has 0 unspecified atom stereocenters. The Labute approximate surface area is 115 Å². The minimum Gasteiger partial charge on any atom is -0.399 e. The molecular weight excluding hydrogens is 232 g/mol. The molecule has 2 heteroatoms. The molecule has 2 nitrogen and oxygen atoms in total. The van der Waals surface area contributed by atoms with Crippen molar-refractivity contribution in [3.05, 3.63) is 66.4 Å². The molecule has 0 aliphatic carbocycles. The van der Waals surface area contributed by atoms with Crippen molar-refractivity contribution in [3.8, 4) is 0 Å². The summed E-state index contributed by atoms with van der Waals surface area (Å²) < 4.78 is 0. The van der Waals surface area contributed by atoms with Gasteiger partial charge < -0.3 is 5.73 Å². The van der Waals surface area contributed by atoms with Gasteiger partial charge in [-0.05, 0) is 48.8 Å². The highest BCUT2D eigenvalue weighted by Gasteiger charge is 2.02. The fraction of sp³-hybridized carbons (Fsp3) is 0.118. The molecule has 0 aliphatic rings. The van der Waals surface area contributed by atoms with E-state index in [2.05, 4.69) is 18.2 Å². The van der Waals surface area contributed by atoms with Crippen LogP contribution >= 0.6 is 0 Å². The van der Waals surface area contributed by atoms with Crippen LogP contribution in [0.25, 0.3) is 11.6 Å². The summed E-state index contributed by atoms with van der Waals surface area (Å²) in [6.45, 7) is 11.6. The third-order valence-electron chi connectivity index (χ3n) is 2.59. The number of hydrogen-bond acceptors (Lipinski definition) is 2. The second-order valence-electron chi connectivity index (χ2n) is 4.03. The van der Waals surface area contributed by atoms with Crippen molar-refractivity contribution < 1.29 is 0 Å². The standard InChI is InChI=1S/C17H20N2/c1-5-8-16(18)11-13(4)15-10-9-14(6-2)17(12-15)19-7-3/h5-12H,2,4,18H2,1,3H3/b8-5-,16-11+,19-7?. The van der Waals surface area contributed by atoms with E-state index in [1.807, 2.05) is 50.3 Å². The van der Waals surface area contributed by atoms with Crippen molar-refractivity contribution in [2.45, 2.75) is 13.8 Å². The fourth-order valence-corrected chi connectivity index (χ4v) is 1.69. The van der Waals surface area contributed by atoms with Crippen LogP contribution in [-0.2, 0) is 0 Å². The molecule has 0 heterocycles. The monoisotopic (exact) mass is 252 g/mol. The van der Waals surface area contributed by atoms with Gasteiger partial charge in [0.25, 0.3) is 0 Å². The Kier molecular flexibility index (Phi) is 5.55. The highest BCUT2D eigenvalue weighted by Crippen LogP contribution is 2.26. The van der Waals surface area contributed by atoms with Crippen LogP contribution in [0.3, 0.4) is 0 Å². The van der Waals surface area contributed by atoms with Crippen molar-refractivity contribution in [1.82, 2.24) is 0 Å². The third kappa shape index (κ3) is 4.11. The number of nitrogens with zero attached hydrogens (tertiary/aromatic N) is 1. The lowest BCUT2D eigenvalue weighted by molar-refractivity contribution is 1.41. The highest BCUT2D eigenvalue weighted by atomic mass is 14.7. The molecule has 1 aromatic carbocycles. The number of hydrogen-bond donors (Lipinski definition) is 1. The van der Waals surface area contributed by atoms with Crippen LogP contribution in [0.4, 0.5) is 5.69 Å². The molecule has 0 saturated carbocycles. The maximum Gasteiger partial charge on any atom is 0.0703 e. The van der Waals surface area contributed by atoms with E-state index in [1.165, 1.54) is 0 Å². The maximum absolute atomic E-state index is 5.84. The maximum atomic E-state index is 5.84. The molecule has 0 amide bonds. The van der Waals surface area contributed by atoms with E-state index in [-0.39, 0.29) is 0 Å². The van der Waals surface area contributed by atoms with E-state index in [0.717, 1.165) is 22.4 Å². The van der Waals surface area contributed by atoms with Crippen molar-refractivity contribution in [2.24, 2.45) is 10.7 Å². The van der Waals surface area contributed by atoms with Gasteiger partial charge in [-0.25, -0.2) is 0 Å². The van der Waals surface area contributed by atoms with Gasteiger partial charge in [0.15, 0.2) is 0 Å². The summed E-state index contributed by atoms with van der Waals surface area (Å²) in [6, 6.07) is 5.96. The molecule has 19 heavy (non-hydrogen) atoms. The predicted octanol–water partition coefficient (Wildman–Crippen LogP) is 4.48. The van der Waals surface area contributed by atoms with E-state index in [1.54, 1.807) is 12.3 Å². The predicted molar refractivity (Wildman–Crippen MR) is 86.5 cm³/mol. The zero-order valence-electron chi connectivity index (χ0n) is 11.6. The van der Waals surface area contributed by atoms with Crippen molar-refractivity contribution >= 4 is 23.6 Å². The van der Waals surface area contributed by atoms with Gasteiger partial charge in [-0.2, -0.15) is 0 Å². The van der Waals surface area contributed by atoms with Crippen LogP contribution in [-0.4, -0.2) is 6.21 Å². The Bertz CT molecular complexity index is 561. The van der Waals surface area contributed by atoms with Gasteiger partial charge in [0.1, 0.15) is 0 Å². The molecule has 0 atom stereocenters. The number of nitrogens with two attached hydrogens (primary N) is 1. The summed E-state index contributed by atoms with van der Waals surface area (Å²) in [5.74, 6) is 0. The van der Waals surface area contributed by atoms with Gasteiger partial charge >= 0.3 is 0 Å². The lowest BCUT2D eigenvalue weighted by atomic mass is 10.0. The third-order valence-corrected chi connectivity index (χ3v) is 2.59. The molecule has 1 aromatic rings. The Morgan fingerprint density at radius 1 is 1.32 bits per heavy atom. The van der Waals surface area contributed by atoms with Crippen LogP contribution in [0.15, 0.2) is 60.3 Å². The zero-order chi connectivity index (χ0) is 14.3. The first kappa shape index (κ1) is 14.7. The van der Waals surface area contributed by atoms with Crippen LogP contribution in [0.1, 0.15) is 25.0 Å². The van der Waals surface area contributed by atoms with E-state index in [0.29, 0.717) is 5.70 Å². The van der Waals surface area contributed by atoms with Crippen LogP contribution in [0, 0.1) is 0 Å². The molecule has 0 bridgehead atoms. The summed E-state index contributed by atoms with van der Waals surface area (Å²) in [5, 5.41) is 0. The molecule has 0 aromatic heterocycles. The Morgan fingerprint density at radius 3 is 2.63 bits per heavy atom. The molecule has 0 spiro atoms. The molecule has 0 fully saturated rings. The SMILES string of the molecule is C=Cc1ccc(C(=C)/C=C(N)\C=C/C)cc1N=CC. The Morgan fingerprint density at radius 2 is 2.05 bits per heavy atom. The minimum atomic E-state index is 0.681. The van der Waals surface area contributed by atoms with E-state index >= 15 is 0 Å².